The minimum atomic E-state index is -0.00617. The van der Waals surface area contributed by atoms with E-state index in [0.29, 0.717) is 11.3 Å². The molecule has 3 heteroatoms. The second-order valence-corrected chi connectivity index (χ2v) is 6.58. The fraction of sp³-hybridized carbons (Fsp3) is 0.750. The molecule has 0 radical (unpaired) electrons. The van der Waals surface area contributed by atoms with Crippen molar-refractivity contribution in [3.05, 3.63) is 16.1 Å². The molecule has 0 amide bonds. The van der Waals surface area contributed by atoms with Crippen molar-refractivity contribution in [2.75, 3.05) is 7.05 Å². The van der Waals surface area contributed by atoms with E-state index in [2.05, 4.69) is 38.4 Å². The lowest BCUT2D eigenvalue weighted by molar-refractivity contribution is 0.432. The second kappa shape index (κ2) is 3.29. The van der Waals surface area contributed by atoms with Gasteiger partial charge in [0.25, 0.3) is 0 Å². The van der Waals surface area contributed by atoms with Crippen molar-refractivity contribution in [1.29, 1.82) is 0 Å². The highest BCUT2D eigenvalue weighted by molar-refractivity contribution is 7.09. The maximum absolute atomic E-state index is 4.77. The predicted octanol–water partition coefficient (Wildman–Crippen LogP) is 3.11. The summed E-state index contributed by atoms with van der Waals surface area (Å²) in [7, 11) is 1.99. The first-order chi connectivity index (χ1) is 6.87. The van der Waals surface area contributed by atoms with Gasteiger partial charge < -0.3 is 5.32 Å². The maximum atomic E-state index is 4.77. The Kier molecular flexibility index (Phi) is 2.43. The molecule has 0 saturated heterocycles. The molecule has 1 N–H and O–H groups in total. The average Bonchev–Trinajstić information content (AvgIpc) is 2.65. The molecule has 1 aromatic rings. The standard InChI is InChI=1S/C12H20N2S/c1-11(2)6-8(11)10-14-9(7-15-10)12(3,4)13-5/h7-8,13H,6H2,1-5H3. The quantitative estimate of drug-likeness (QED) is 0.853. The third kappa shape index (κ3) is 1.95. The summed E-state index contributed by atoms with van der Waals surface area (Å²) in [5.41, 5.74) is 1.65. The van der Waals surface area contributed by atoms with Gasteiger partial charge in [0.15, 0.2) is 0 Å². The van der Waals surface area contributed by atoms with Gasteiger partial charge in [-0.3, -0.25) is 0 Å². The van der Waals surface area contributed by atoms with E-state index in [9.17, 15) is 0 Å². The van der Waals surface area contributed by atoms with Crippen LogP contribution >= 0.6 is 11.3 Å². The highest BCUT2D eigenvalue weighted by atomic mass is 32.1. The normalized spacial score (nSPS) is 24.2. The van der Waals surface area contributed by atoms with Crippen LogP contribution in [0, 0.1) is 5.41 Å². The summed E-state index contributed by atoms with van der Waals surface area (Å²) in [5, 5.41) is 6.81. The average molecular weight is 224 g/mol. The zero-order valence-electron chi connectivity index (χ0n) is 10.2. The van der Waals surface area contributed by atoms with E-state index < -0.39 is 0 Å². The van der Waals surface area contributed by atoms with Crippen molar-refractivity contribution in [2.45, 2.75) is 45.6 Å². The molecule has 0 aromatic carbocycles. The van der Waals surface area contributed by atoms with Gasteiger partial charge in [-0.25, -0.2) is 4.98 Å². The van der Waals surface area contributed by atoms with E-state index in [1.165, 1.54) is 17.1 Å². The molecule has 1 heterocycles. The monoisotopic (exact) mass is 224 g/mol. The lowest BCUT2D eigenvalue weighted by atomic mass is 10.0. The largest absolute Gasteiger partial charge is 0.310 e. The van der Waals surface area contributed by atoms with Crippen LogP contribution in [0.2, 0.25) is 0 Å². The van der Waals surface area contributed by atoms with Gasteiger partial charge in [-0.05, 0) is 32.7 Å². The highest BCUT2D eigenvalue weighted by Crippen LogP contribution is 2.59. The number of aromatic nitrogens is 1. The first-order valence-corrected chi connectivity index (χ1v) is 6.39. The van der Waals surface area contributed by atoms with Crippen molar-refractivity contribution in [1.82, 2.24) is 10.3 Å². The molecule has 1 aliphatic carbocycles. The Morgan fingerprint density at radius 2 is 2.13 bits per heavy atom. The summed E-state index contributed by atoms with van der Waals surface area (Å²) in [5.74, 6) is 0.698. The molecule has 1 aromatic heterocycles. The van der Waals surface area contributed by atoms with Crippen LogP contribution in [0.25, 0.3) is 0 Å². The number of thiazole rings is 1. The summed E-state index contributed by atoms with van der Waals surface area (Å²) < 4.78 is 0. The fourth-order valence-corrected chi connectivity index (χ4v) is 3.05. The van der Waals surface area contributed by atoms with Gasteiger partial charge >= 0.3 is 0 Å². The van der Waals surface area contributed by atoms with Gasteiger partial charge in [0, 0.05) is 11.3 Å². The third-order valence-electron chi connectivity index (χ3n) is 3.60. The molecule has 84 valence electrons. The molecule has 15 heavy (non-hydrogen) atoms. The van der Waals surface area contributed by atoms with Gasteiger partial charge in [0.1, 0.15) is 0 Å². The van der Waals surface area contributed by atoms with Crippen LogP contribution < -0.4 is 5.32 Å². The Balaban J connectivity index is 2.19. The summed E-state index contributed by atoms with van der Waals surface area (Å²) >= 11 is 1.81. The molecule has 1 atom stereocenters. The number of nitrogens with zero attached hydrogens (tertiary/aromatic N) is 1. The molecular formula is C12H20N2S. The first-order valence-electron chi connectivity index (χ1n) is 5.51. The van der Waals surface area contributed by atoms with Crippen LogP contribution in [-0.2, 0) is 5.54 Å². The molecular weight excluding hydrogens is 204 g/mol. The van der Waals surface area contributed by atoms with E-state index in [1.807, 2.05) is 18.4 Å². The first kappa shape index (κ1) is 11.1. The van der Waals surface area contributed by atoms with E-state index in [1.54, 1.807) is 0 Å². The van der Waals surface area contributed by atoms with Crippen molar-refractivity contribution in [3.63, 3.8) is 0 Å². The zero-order chi connectivity index (χ0) is 11.3. The Labute approximate surface area is 96.1 Å². The van der Waals surface area contributed by atoms with Crippen LogP contribution in [0.3, 0.4) is 0 Å². The van der Waals surface area contributed by atoms with Crippen LogP contribution in [0.5, 0.6) is 0 Å². The van der Waals surface area contributed by atoms with E-state index in [4.69, 9.17) is 4.98 Å². The minimum absolute atomic E-state index is 0.00617. The van der Waals surface area contributed by atoms with Gasteiger partial charge in [-0.15, -0.1) is 11.3 Å². The van der Waals surface area contributed by atoms with E-state index in [-0.39, 0.29) is 5.54 Å². The molecule has 0 bridgehead atoms. The van der Waals surface area contributed by atoms with Crippen molar-refractivity contribution in [3.8, 4) is 0 Å². The molecule has 0 spiro atoms. The molecule has 1 saturated carbocycles. The smallest absolute Gasteiger partial charge is 0.0965 e. The van der Waals surface area contributed by atoms with Gasteiger partial charge in [0.05, 0.1) is 16.2 Å². The molecule has 1 unspecified atom stereocenters. The molecule has 1 aliphatic rings. The van der Waals surface area contributed by atoms with Crippen LogP contribution in [-0.4, -0.2) is 12.0 Å². The van der Waals surface area contributed by atoms with Crippen molar-refractivity contribution >= 4 is 11.3 Å². The van der Waals surface area contributed by atoms with Crippen LogP contribution in [0.1, 0.15) is 50.7 Å². The fourth-order valence-electron chi connectivity index (χ4n) is 1.75. The van der Waals surface area contributed by atoms with Crippen LogP contribution in [0.4, 0.5) is 0 Å². The topological polar surface area (TPSA) is 24.9 Å². The van der Waals surface area contributed by atoms with Gasteiger partial charge in [-0.2, -0.15) is 0 Å². The Morgan fingerprint density at radius 3 is 2.60 bits per heavy atom. The van der Waals surface area contributed by atoms with Gasteiger partial charge in [0.2, 0.25) is 0 Å². The third-order valence-corrected chi connectivity index (χ3v) is 4.56. The molecule has 0 aliphatic heterocycles. The zero-order valence-corrected chi connectivity index (χ0v) is 11.0. The Morgan fingerprint density at radius 1 is 1.53 bits per heavy atom. The Hall–Kier alpha value is -0.410. The number of rotatable bonds is 3. The van der Waals surface area contributed by atoms with E-state index in [0.717, 1.165) is 0 Å². The lowest BCUT2D eigenvalue weighted by Gasteiger charge is -2.21. The van der Waals surface area contributed by atoms with Gasteiger partial charge in [-0.1, -0.05) is 13.8 Å². The highest BCUT2D eigenvalue weighted by Gasteiger charge is 2.48. The second-order valence-electron chi connectivity index (χ2n) is 5.69. The SMILES string of the molecule is CNC(C)(C)c1csc(C2CC2(C)C)n1. The Bertz CT molecular complexity index is 365. The summed E-state index contributed by atoms with van der Waals surface area (Å²) in [6.45, 7) is 8.98. The molecule has 2 rings (SSSR count). The summed E-state index contributed by atoms with van der Waals surface area (Å²) in [6.07, 6.45) is 1.29. The van der Waals surface area contributed by atoms with Crippen molar-refractivity contribution < 1.29 is 0 Å². The molecule has 1 fully saturated rings. The summed E-state index contributed by atoms with van der Waals surface area (Å²) in [4.78, 5) is 4.77. The number of hydrogen-bond acceptors (Lipinski definition) is 3. The summed E-state index contributed by atoms with van der Waals surface area (Å²) in [6, 6.07) is 0. The van der Waals surface area contributed by atoms with E-state index >= 15 is 0 Å². The van der Waals surface area contributed by atoms with Crippen molar-refractivity contribution in [2.24, 2.45) is 5.41 Å². The number of hydrogen-bond donors (Lipinski definition) is 1. The molecule has 2 nitrogen and oxygen atoms in total. The van der Waals surface area contributed by atoms with Crippen LogP contribution in [0.15, 0.2) is 5.38 Å². The lowest BCUT2D eigenvalue weighted by Crippen LogP contribution is -2.33. The predicted molar refractivity (Wildman–Crippen MR) is 65.3 cm³/mol. The minimum Gasteiger partial charge on any atom is -0.310 e. The number of nitrogens with one attached hydrogen (secondary N) is 1. The maximum Gasteiger partial charge on any atom is 0.0965 e.